The molecule has 0 bridgehead atoms. The van der Waals surface area contributed by atoms with Gasteiger partial charge in [-0.25, -0.2) is 8.42 Å². The number of aryl methyl sites for hydroxylation is 2. The molecule has 15 heavy (non-hydrogen) atoms. The SMILES string of the molecule is Cc1ccc(C)c2c1NCC(C)S2(=O)=O. The van der Waals surface area contributed by atoms with Crippen LogP contribution in [0.4, 0.5) is 5.69 Å². The van der Waals surface area contributed by atoms with Crippen LogP contribution in [-0.2, 0) is 9.84 Å². The van der Waals surface area contributed by atoms with Gasteiger partial charge in [0.25, 0.3) is 0 Å². The standard InChI is InChI=1S/C11H15NO2S/c1-7-4-5-8(2)11-10(7)12-6-9(3)15(11,13)14/h4-5,9,12H,6H2,1-3H3. The maximum Gasteiger partial charge on any atom is 0.184 e. The van der Waals surface area contributed by atoms with E-state index >= 15 is 0 Å². The predicted molar refractivity (Wildman–Crippen MR) is 61.1 cm³/mol. The van der Waals surface area contributed by atoms with E-state index in [-0.39, 0.29) is 5.25 Å². The van der Waals surface area contributed by atoms with Crippen LogP contribution in [0.3, 0.4) is 0 Å². The minimum atomic E-state index is -3.14. The second kappa shape index (κ2) is 3.23. The molecule has 0 aliphatic carbocycles. The molecule has 1 heterocycles. The van der Waals surface area contributed by atoms with Crippen LogP contribution >= 0.6 is 0 Å². The van der Waals surface area contributed by atoms with Gasteiger partial charge in [0, 0.05) is 6.54 Å². The number of benzene rings is 1. The normalized spacial score (nSPS) is 23.0. The molecule has 1 unspecified atom stereocenters. The molecule has 0 amide bonds. The summed E-state index contributed by atoms with van der Waals surface area (Å²) in [7, 11) is -3.14. The van der Waals surface area contributed by atoms with E-state index in [1.54, 1.807) is 6.92 Å². The summed E-state index contributed by atoms with van der Waals surface area (Å²) in [6, 6.07) is 3.82. The first-order valence-corrected chi connectivity index (χ1v) is 6.57. The van der Waals surface area contributed by atoms with Crippen LogP contribution in [0.5, 0.6) is 0 Å². The zero-order valence-electron chi connectivity index (χ0n) is 9.16. The summed E-state index contributed by atoms with van der Waals surface area (Å²) in [5.41, 5.74) is 2.61. The average molecular weight is 225 g/mol. The van der Waals surface area contributed by atoms with E-state index in [9.17, 15) is 8.42 Å². The molecule has 1 N–H and O–H groups in total. The first-order chi connectivity index (χ1) is 6.94. The quantitative estimate of drug-likeness (QED) is 0.733. The van der Waals surface area contributed by atoms with Crippen molar-refractivity contribution >= 4 is 15.5 Å². The van der Waals surface area contributed by atoms with Crippen molar-refractivity contribution in [3.63, 3.8) is 0 Å². The molecule has 1 aliphatic heterocycles. The molecule has 1 aromatic carbocycles. The van der Waals surface area contributed by atoms with Crippen LogP contribution in [0.1, 0.15) is 18.1 Å². The summed E-state index contributed by atoms with van der Waals surface area (Å²) in [6.07, 6.45) is 0. The van der Waals surface area contributed by atoms with Crippen molar-refractivity contribution in [3.8, 4) is 0 Å². The van der Waals surface area contributed by atoms with Crippen molar-refractivity contribution in [2.24, 2.45) is 0 Å². The van der Waals surface area contributed by atoms with Gasteiger partial charge in [-0.3, -0.25) is 0 Å². The number of nitrogens with one attached hydrogen (secondary N) is 1. The molecule has 0 radical (unpaired) electrons. The Morgan fingerprint density at radius 1 is 1.27 bits per heavy atom. The average Bonchev–Trinajstić information content (AvgIpc) is 2.16. The fraction of sp³-hybridized carbons (Fsp3) is 0.455. The van der Waals surface area contributed by atoms with Gasteiger partial charge in [-0.2, -0.15) is 0 Å². The van der Waals surface area contributed by atoms with Crippen LogP contribution in [0.15, 0.2) is 17.0 Å². The number of hydrogen-bond acceptors (Lipinski definition) is 3. The Balaban J connectivity index is 2.80. The molecular formula is C11H15NO2S. The van der Waals surface area contributed by atoms with E-state index < -0.39 is 9.84 Å². The second-order valence-corrected chi connectivity index (χ2v) is 6.44. The highest BCUT2D eigenvalue weighted by Crippen LogP contribution is 2.34. The van der Waals surface area contributed by atoms with Gasteiger partial charge in [0.1, 0.15) is 0 Å². The molecule has 0 aromatic heterocycles. The molecule has 0 saturated heterocycles. The minimum Gasteiger partial charge on any atom is -0.382 e. The highest BCUT2D eigenvalue weighted by molar-refractivity contribution is 7.92. The van der Waals surface area contributed by atoms with Gasteiger partial charge in [0.15, 0.2) is 9.84 Å². The summed E-state index contributed by atoms with van der Waals surface area (Å²) >= 11 is 0. The molecule has 1 aliphatic rings. The van der Waals surface area contributed by atoms with Gasteiger partial charge in [0.2, 0.25) is 0 Å². The number of fused-ring (bicyclic) bond motifs is 1. The van der Waals surface area contributed by atoms with Crippen LogP contribution in [0.25, 0.3) is 0 Å². The Morgan fingerprint density at radius 3 is 2.53 bits per heavy atom. The summed E-state index contributed by atoms with van der Waals surface area (Å²) in [5, 5.41) is 2.86. The number of sulfone groups is 1. The molecule has 3 nitrogen and oxygen atoms in total. The third kappa shape index (κ3) is 1.44. The summed E-state index contributed by atoms with van der Waals surface area (Å²) in [5.74, 6) is 0. The maximum atomic E-state index is 12.1. The lowest BCUT2D eigenvalue weighted by Gasteiger charge is -2.26. The third-order valence-electron chi connectivity index (χ3n) is 2.94. The lowest BCUT2D eigenvalue weighted by atomic mass is 10.1. The Labute approximate surface area is 90.4 Å². The Bertz CT molecular complexity index is 506. The van der Waals surface area contributed by atoms with Crippen molar-refractivity contribution < 1.29 is 8.42 Å². The van der Waals surface area contributed by atoms with E-state index in [1.807, 2.05) is 26.0 Å². The Kier molecular flexibility index (Phi) is 2.26. The highest BCUT2D eigenvalue weighted by Gasteiger charge is 2.32. The van der Waals surface area contributed by atoms with Gasteiger partial charge in [-0.05, 0) is 31.9 Å². The second-order valence-electron chi connectivity index (χ2n) is 4.14. The van der Waals surface area contributed by atoms with Crippen molar-refractivity contribution in [1.29, 1.82) is 0 Å². The summed E-state index contributed by atoms with van der Waals surface area (Å²) < 4.78 is 24.3. The van der Waals surface area contributed by atoms with Crippen LogP contribution in [0.2, 0.25) is 0 Å². The van der Waals surface area contributed by atoms with Crippen molar-refractivity contribution in [2.45, 2.75) is 30.9 Å². The maximum absolute atomic E-state index is 12.1. The van der Waals surface area contributed by atoms with Crippen molar-refractivity contribution in [2.75, 3.05) is 11.9 Å². The van der Waals surface area contributed by atoms with Gasteiger partial charge in [-0.1, -0.05) is 12.1 Å². The molecule has 1 atom stereocenters. The van der Waals surface area contributed by atoms with Crippen LogP contribution in [0, 0.1) is 13.8 Å². The van der Waals surface area contributed by atoms with E-state index in [4.69, 9.17) is 0 Å². The monoisotopic (exact) mass is 225 g/mol. The van der Waals surface area contributed by atoms with Gasteiger partial charge < -0.3 is 5.32 Å². The lowest BCUT2D eigenvalue weighted by molar-refractivity contribution is 0.581. The first kappa shape index (κ1) is 10.5. The predicted octanol–water partition coefficient (Wildman–Crippen LogP) is 1.89. The van der Waals surface area contributed by atoms with Crippen molar-refractivity contribution in [1.82, 2.24) is 0 Å². The molecule has 1 aromatic rings. The van der Waals surface area contributed by atoms with Gasteiger partial charge in [0.05, 0.1) is 15.8 Å². The van der Waals surface area contributed by atoms with Gasteiger partial charge >= 0.3 is 0 Å². The smallest absolute Gasteiger partial charge is 0.184 e. The Morgan fingerprint density at radius 2 is 1.87 bits per heavy atom. The van der Waals surface area contributed by atoms with Gasteiger partial charge in [-0.15, -0.1) is 0 Å². The van der Waals surface area contributed by atoms with E-state index in [0.29, 0.717) is 11.4 Å². The third-order valence-corrected chi connectivity index (χ3v) is 5.26. The van der Waals surface area contributed by atoms with Crippen LogP contribution < -0.4 is 5.32 Å². The van der Waals surface area contributed by atoms with E-state index in [0.717, 1.165) is 16.8 Å². The van der Waals surface area contributed by atoms with Crippen molar-refractivity contribution in [3.05, 3.63) is 23.3 Å². The lowest BCUT2D eigenvalue weighted by Crippen LogP contribution is -2.33. The Hall–Kier alpha value is -1.03. The molecule has 0 saturated carbocycles. The fourth-order valence-electron chi connectivity index (χ4n) is 1.93. The fourth-order valence-corrected chi connectivity index (χ4v) is 3.67. The first-order valence-electron chi connectivity index (χ1n) is 5.02. The highest BCUT2D eigenvalue weighted by atomic mass is 32.2. The molecular weight excluding hydrogens is 210 g/mol. The van der Waals surface area contributed by atoms with E-state index in [2.05, 4.69) is 5.32 Å². The van der Waals surface area contributed by atoms with Crippen LogP contribution in [-0.4, -0.2) is 20.2 Å². The number of hydrogen-bond donors (Lipinski definition) is 1. The summed E-state index contributed by atoms with van der Waals surface area (Å²) in [6.45, 7) is 6.01. The van der Waals surface area contributed by atoms with E-state index in [1.165, 1.54) is 0 Å². The molecule has 82 valence electrons. The molecule has 0 spiro atoms. The summed E-state index contributed by atoms with van der Waals surface area (Å²) in [4.78, 5) is 0.487. The zero-order valence-corrected chi connectivity index (χ0v) is 9.98. The largest absolute Gasteiger partial charge is 0.382 e. The molecule has 2 rings (SSSR count). The number of anilines is 1. The molecule has 0 fully saturated rings. The number of rotatable bonds is 0. The zero-order chi connectivity index (χ0) is 11.2. The minimum absolute atomic E-state index is 0.342. The molecule has 4 heteroatoms. The topological polar surface area (TPSA) is 46.2 Å².